The molecule has 7 rings (SSSR count). The van der Waals surface area contributed by atoms with Crippen molar-refractivity contribution in [3.05, 3.63) is 89.5 Å². The third kappa shape index (κ3) is 3.72. The highest BCUT2D eigenvalue weighted by atomic mass is 15.5. The fraction of sp³-hybridized carbons (Fsp3) is 0. The minimum absolute atomic E-state index is 0.366. The molecule has 0 aliphatic carbocycles. The van der Waals surface area contributed by atoms with Gasteiger partial charge in [0.2, 0.25) is 0 Å². The number of nitrogens with zero attached hydrogens (tertiary/aromatic N) is 5. The van der Waals surface area contributed by atoms with E-state index in [1.54, 1.807) is 6.07 Å². The lowest BCUT2D eigenvalue weighted by Crippen LogP contribution is -1.82. The number of tetrazole rings is 1. The number of H-pyrrole nitrogens is 3. The van der Waals surface area contributed by atoms with Crippen molar-refractivity contribution in [1.29, 1.82) is 0 Å². The van der Waals surface area contributed by atoms with Gasteiger partial charge in [-0.1, -0.05) is 24.2 Å². The molecule has 8 bridgehead atoms. The van der Waals surface area contributed by atoms with Crippen LogP contribution in [0.15, 0.2) is 66.7 Å². The lowest BCUT2D eigenvalue weighted by molar-refractivity contribution is 0.881. The van der Waals surface area contributed by atoms with Crippen molar-refractivity contribution in [2.75, 3.05) is 0 Å². The van der Waals surface area contributed by atoms with Crippen molar-refractivity contribution in [2.24, 2.45) is 0 Å². The molecular formula is C27H18N8. The molecule has 8 nitrogen and oxygen atoms in total. The third-order valence-corrected chi connectivity index (χ3v) is 5.89. The molecule has 0 fully saturated rings. The lowest BCUT2D eigenvalue weighted by atomic mass is 10.0. The van der Waals surface area contributed by atoms with Crippen LogP contribution in [-0.4, -0.2) is 40.6 Å². The Bertz CT molecular complexity index is 1860. The van der Waals surface area contributed by atoms with Gasteiger partial charge < -0.3 is 9.97 Å². The van der Waals surface area contributed by atoms with Crippen molar-refractivity contribution in [3.8, 4) is 22.5 Å². The van der Waals surface area contributed by atoms with Crippen LogP contribution in [0.1, 0.15) is 24.1 Å². The topological polar surface area (TPSA) is 112 Å². The highest BCUT2D eigenvalue weighted by molar-refractivity contribution is 5.88. The van der Waals surface area contributed by atoms with E-state index in [4.69, 9.17) is 11.3 Å². The van der Waals surface area contributed by atoms with Crippen LogP contribution in [0.4, 0.5) is 0 Å². The first-order chi connectivity index (χ1) is 17.7. The summed E-state index contributed by atoms with van der Waals surface area (Å²) in [6.45, 7) is 0. The first-order valence-electron chi connectivity index (χ1n) is 11.6. The van der Waals surface area contributed by atoms with Gasteiger partial charge in [-0.25, -0.2) is 15.1 Å². The predicted molar refractivity (Wildman–Crippen MR) is 137 cm³/mol. The smallest absolute Gasteiger partial charge is 0.179 e. The monoisotopic (exact) mass is 455 g/mol. The molecule has 35 heavy (non-hydrogen) atoms. The van der Waals surface area contributed by atoms with E-state index in [1.807, 2.05) is 78.9 Å². The second-order valence-electron chi connectivity index (χ2n) is 8.33. The standard InChI is InChI=1S/C27H18N8/c1-3-17(27-32-34-35-33-27)4-2-16(1)25-14-24-13-22-8-7-20(29-22)11-18-5-6-19(28-18)12-21-9-10-23(30-21)15-26(25)31-24/h1-15,28,31H,(H,32,33,34,35)/i1D. The van der Waals surface area contributed by atoms with Crippen LogP contribution in [0.2, 0.25) is 0 Å². The van der Waals surface area contributed by atoms with E-state index >= 15 is 0 Å². The van der Waals surface area contributed by atoms with Gasteiger partial charge in [-0.15, -0.1) is 5.10 Å². The summed E-state index contributed by atoms with van der Waals surface area (Å²) in [7, 11) is 0. The van der Waals surface area contributed by atoms with Crippen LogP contribution in [0.25, 0.3) is 68.9 Å². The molecular weight excluding hydrogens is 436 g/mol. The van der Waals surface area contributed by atoms with Gasteiger partial charge in [0.15, 0.2) is 5.82 Å². The van der Waals surface area contributed by atoms with Crippen molar-refractivity contribution in [3.63, 3.8) is 0 Å². The fourth-order valence-corrected chi connectivity index (χ4v) is 4.26. The van der Waals surface area contributed by atoms with Gasteiger partial charge in [0.1, 0.15) is 0 Å². The minimum atomic E-state index is 0.366. The predicted octanol–water partition coefficient (Wildman–Crippen LogP) is 5.50. The van der Waals surface area contributed by atoms with Gasteiger partial charge in [-0.3, -0.25) is 0 Å². The molecule has 8 heteroatoms. The molecule has 0 saturated carbocycles. The van der Waals surface area contributed by atoms with Crippen LogP contribution in [-0.2, 0) is 0 Å². The average molecular weight is 456 g/mol. The summed E-state index contributed by atoms with van der Waals surface area (Å²) in [6.07, 6.45) is 7.96. The Kier molecular flexibility index (Phi) is 4.05. The first kappa shape index (κ1) is 18.3. The van der Waals surface area contributed by atoms with E-state index in [0.717, 1.165) is 61.5 Å². The molecule has 166 valence electrons. The lowest BCUT2D eigenvalue weighted by Gasteiger charge is -2.01. The number of aromatic amines is 3. The second-order valence-corrected chi connectivity index (χ2v) is 8.33. The number of fused-ring (bicyclic) bond motifs is 8. The number of hydrogen-bond donors (Lipinski definition) is 3. The van der Waals surface area contributed by atoms with Gasteiger partial charge in [0.05, 0.1) is 24.1 Å². The van der Waals surface area contributed by atoms with Crippen LogP contribution >= 0.6 is 0 Å². The minimum Gasteiger partial charge on any atom is -0.355 e. The molecule has 1 aromatic carbocycles. The average Bonchev–Trinajstić information content (AvgIpc) is 3.68. The molecule has 2 aliphatic rings. The zero-order chi connectivity index (χ0) is 24.1. The van der Waals surface area contributed by atoms with Gasteiger partial charge in [-0.2, -0.15) is 0 Å². The number of aromatic nitrogens is 8. The molecule has 3 N–H and O–H groups in total. The molecule has 0 atom stereocenters. The van der Waals surface area contributed by atoms with Gasteiger partial charge in [0.25, 0.3) is 0 Å². The van der Waals surface area contributed by atoms with Crippen LogP contribution < -0.4 is 0 Å². The van der Waals surface area contributed by atoms with E-state index in [-0.39, 0.29) is 0 Å². The number of benzene rings is 1. The van der Waals surface area contributed by atoms with Crippen LogP contribution in [0.3, 0.4) is 0 Å². The highest BCUT2D eigenvalue weighted by Crippen LogP contribution is 2.29. The summed E-state index contributed by atoms with van der Waals surface area (Å²) in [5.74, 6) is 0.524. The summed E-state index contributed by atoms with van der Waals surface area (Å²) in [5, 5.41) is 13.9. The molecule has 0 radical (unpaired) electrons. The molecule has 5 aromatic rings. The Morgan fingerprint density at radius 1 is 0.629 bits per heavy atom. The molecule has 0 saturated heterocycles. The van der Waals surface area contributed by atoms with E-state index < -0.39 is 0 Å². The van der Waals surface area contributed by atoms with E-state index in [1.165, 1.54) is 0 Å². The highest BCUT2D eigenvalue weighted by Gasteiger charge is 2.09. The Hall–Kier alpha value is -5.11. The maximum atomic E-state index is 8.72. The summed E-state index contributed by atoms with van der Waals surface area (Å²) < 4.78 is 8.72. The summed E-state index contributed by atoms with van der Waals surface area (Å²) in [4.78, 5) is 16.4. The second kappa shape index (κ2) is 7.74. The first-order valence-corrected chi connectivity index (χ1v) is 11.1. The van der Waals surface area contributed by atoms with Crippen molar-refractivity contribution < 1.29 is 1.37 Å². The molecule has 0 spiro atoms. The zero-order valence-electron chi connectivity index (χ0n) is 19.3. The number of hydrogen-bond acceptors (Lipinski definition) is 5. The van der Waals surface area contributed by atoms with E-state index in [9.17, 15) is 0 Å². The fourth-order valence-electron chi connectivity index (χ4n) is 4.26. The Morgan fingerprint density at radius 2 is 1.29 bits per heavy atom. The number of nitrogens with one attached hydrogen (secondary N) is 3. The van der Waals surface area contributed by atoms with Crippen molar-refractivity contribution >= 4 is 46.4 Å². The van der Waals surface area contributed by atoms with Crippen molar-refractivity contribution in [2.45, 2.75) is 0 Å². The van der Waals surface area contributed by atoms with Crippen molar-refractivity contribution in [1.82, 2.24) is 40.6 Å². The molecule has 0 amide bonds. The Labute approximate surface area is 200 Å². The quantitative estimate of drug-likeness (QED) is 0.319. The largest absolute Gasteiger partial charge is 0.355 e. The Balaban J connectivity index is 1.47. The normalized spacial score (nSPS) is 12.7. The van der Waals surface area contributed by atoms with Crippen LogP contribution in [0, 0.1) is 0 Å². The van der Waals surface area contributed by atoms with E-state index in [2.05, 4.69) is 30.6 Å². The van der Waals surface area contributed by atoms with Gasteiger partial charge in [-0.05, 0) is 82.8 Å². The molecule has 6 heterocycles. The van der Waals surface area contributed by atoms with E-state index in [0.29, 0.717) is 11.9 Å². The maximum Gasteiger partial charge on any atom is 0.179 e. The van der Waals surface area contributed by atoms with Gasteiger partial charge >= 0.3 is 0 Å². The molecule has 2 aliphatic heterocycles. The summed E-state index contributed by atoms with van der Waals surface area (Å²) in [5.41, 5.74) is 9.55. The SMILES string of the molecule is [2H]c1cc(-c2nnn[nH]2)ccc1-c1cc2cc3nc(cc4ccc(cc5nc(cc1[nH]2)C=C5)[nH]4)C=C3. The molecule has 0 unspecified atom stereocenters. The van der Waals surface area contributed by atoms with Crippen LogP contribution in [0.5, 0.6) is 0 Å². The maximum absolute atomic E-state index is 8.72. The summed E-state index contributed by atoms with van der Waals surface area (Å²) in [6, 6.07) is 20.1. The summed E-state index contributed by atoms with van der Waals surface area (Å²) >= 11 is 0. The zero-order valence-corrected chi connectivity index (χ0v) is 18.3. The third-order valence-electron chi connectivity index (χ3n) is 5.89. The number of rotatable bonds is 2. The van der Waals surface area contributed by atoms with Gasteiger partial charge in [0, 0.05) is 33.2 Å². The Morgan fingerprint density at radius 3 is 1.94 bits per heavy atom. The molecule has 4 aromatic heterocycles.